The van der Waals surface area contributed by atoms with Crippen LogP contribution in [0.15, 0.2) is 67.7 Å². The minimum absolute atomic E-state index is 0.0158. The fourth-order valence-electron chi connectivity index (χ4n) is 3.37. The molecule has 1 aliphatic rings. The molecule has 0 saturated carbocycles. The van der Waals surface area contributed by atoms with Gasteiger partial charge in [0.25, 0.3) is 10.9 Å². The molecule has 0 fully saturated rings. The van der Waals surface area contributed by atoms with Crippen molar-refractivity contribution in [2.24, 2.45) is 0 Å². The molecule has 10 heteroatoms. The summed E-state index contributed by atoms with van der Waals surface area (Å²) < 4.78 is 0. The summed E-state index contributed by atoms with van der Waals surface area (Å²) in [6, 6.07) is 15.5. The Labute approximate surface area is 188 Å². The Morgan fingerprint density at radius 2 is 0.882 bits per heavy atom. The van der Waals surface area contributed by atoms with Gasteiger partial charge in [0.1, 0.15) is 23.5 Å². The largest absolute Gasteiger partial charge is 0.287 e. The molecule has 0 amide bonds. The molecule has 0 N–H and O–H groups in total. The summed E-state index contributed by atoms with van der Waals surface area (Å²) in [5, 5.41) is 17.8. The first-order chi connectivity index (χ1) is 16.3. The summed E-state index contributed by atoms with van der Waals surface area (Å²) in [4.78, 5) is 76.6. The van der Waals surface area contributed by atoms with E-state index in [4.69, 9.17) is 10.5 Å². The van der Waals surface area contributed by atoms with Crippen molar-refractivity contribution >= 4 is 22.3 Å². The lowest BCUT2D eigenvalue weighted by Gasteiger charge is -2.15. The Morgan fingerprint density at radius 1 is 0.529 bits per heavy atom. The molecule has 4 aromatic rings. The van der Waals surface area contributed by atoms with Crippen molar-refractivity contribution in [3.8, 4) is 12.1 Å². The average Bonchev–Trinajstić information content (AvgIpc) is 2.88. The number of nitriles is 2. The second-order valence-corrected chi connectivity index (χ2v) is 6.91. The molecule has 1 aliphatic carbocycles. The number of hydrogen-bond donors (Lipinski definition) is 0. The zero-order chi connectivity index (χ0) is 24.6. The van der Waals surface area contributed by atoms with Gasteiger partial charge in [-0.2, -0.15) is 10.5 Å². The maximum absolute atomic E-state index is 12.3. The SMILES string of the molecule is N#Cc1nc2c(nc1C#N)C(=O)c1ccccc1C2=O.O=c1c(=O)c(=O)c2ccccc2c1=O. The van der Waals surface area contributed by atoms with E-state index < -0.39 is 33.3 Å². The number of hydrogen-bond acceptors (Lipinski definition) is 10. The lowest BCUT2D eigenvalue weighted by molar-refractivity contribution is 0.0971. The van der Waals surface area contributed by atoms with Gasteiger partial charge in [-0.15, -0.1) is 0 Å². The van der Waals surface area contributed by atoms with Crippen molar-refractivity contribution in [1.29, 1.82) is 10.5 Å². The van der Waals surface area contributed by atoms with Gasteiger partial charge >= 0.3 is 0 Å². The van der Waals surface area contributed by atoms with Crippen LogP contribution >= 0.6 is 0 Å². The Morgan fingerprint density at radius 3 is 1.24 bits per heavy atom. The first-order valence-electron chi connectivity index (χ1n) is 9.47. The number of nitrogens with zero attached hydrogens (tertiary/aromatic N) is 4. The van der Waals surface area contributed by atoms with Crippen LogP contribution in [0.2, 0.25) is 0 Å². The van der Waals surface area contributed by atoms with E-state index >= 15 is 0 Å². The van der Waals surface area contributed by atoms with Gasteiger partial charge in [0.05, 0.1) is 0 Å². The molecule has 160 valence electrons. The third-order valence-electron chi connectivity index (χ3n) is 4.99. The number of carbonyl (C=O) groups is 2. The molecule has 0 radical (unpaired) electrons. The van der Waals surface area contributed by atoms with Gasteiger partial charge in [-0.3, -0.25) is 28.8 Å². The fourth-order valence-corrected chi connectivity index (χ4v) is 3.37. The highest BCUT2D eigenvalue weighted by Gasteiger charge is 2.33. The molecule has 0 unspecified atom stereocenters. The van der Waals surface area contributed by atoms with Crippen LogP contribution in [0.4, 0.5) is 0 Å². The van der Waals surface area contributed by atoms with Crippen molar-refractivity contribution in [3.05, 3.63) is 123 Å². The average molecular weight is 448 g/mol. The van der Waals surface area contributed by atoms with Crippen LogP contribution in [-0.4, -0.2) is 21.5 Å². The number of rotatable bonds is 0. The molecular formula is C24H8N4O6. The maximum Gasteiger partial charge on any atom is 0.277 e. The fraction of sp³-hybridized carbons (Fsp3) is 0. The predicted octanol–water partition coefficient (Wildman–Crippen LogP) is 0.152. The lowest BCUT2D eigenvalue weighted by atomic mass is 9.89. The second kappa shape index (κ2) is 8.22. The second-order valence-electron chi connectivity index (χ2n) is 6.91. The third kappa shape index (κ3) is 3.28. The summed E-state index contributed by atoms with van der Waals surface area (Å²) in [5.74, 6) is -0.938. The normalized spacial score (nSPS) is 11.5. The predicted molar refractivity (Wildman–Crippen MR) is 116 cm³/mol. The summed E-state index contributed by atoms with van der Waals surface area (Å²) in [6.45, 7) is 0. The van der Waals surface area contributed by atoms with Gasteiger partial charge in [-0.1, -0.05) is 48.5 Å². The van der Waals surface area contributed by atoms with Crippen LogP contribution in [0, 0.1) is 22.7 Å². The van der Waals surface area contributed by atoms with E-state index in [1.165, 1.54) is 36.4 Å². The topological polar surface area (TPSA) is 176 Å². The van der Waals surface area contributed by atoms with Crippen molar-refractivity contribution < 1.29 is 9.59 Å². The molecule has 0 spiro atoms. The van der Waals surface area contributed by atoms with Gasteiger partial charge < -0.3 is 0 Å². The molecule has 0 saturated heterocycles. The van der Waals surface area contributed by atoms with Crippen LogP contribution in [0.5, 0.6) is 0 Å². The minimum Gasteiger partial charge on any atom is -0.287 e. The van der Waals surface area contributed by atoms with Crippen LogP contribution in [0.25, 0.3) is 10.8 Å². The summed E-state index contributed by atoms with van der Waals surface area (Å²) >= 11 is 0. The highest BCUT2D eigenvalue weighted by Crippen LogP contribution is 2.25. The van der Waals surface area contributed by atoms with Crippen molar-refractivity contribution in [2.75, 3.05) is 0 Å². The first kappa shape index (κ1) is 21.7. The molecule has 1 aromatic heterocycles. The zero-order valence-electron chi connectivity index (χ0n) is 16.9. The molecule has 0 aliphatic heterocycles. The van der Waals surface area contributed by atoms with Crippen molar-refractivity contribution in [2.45, 2.75) is 0 Å². The van der Waals surface area contributed by atoms with Gasteiger partial charge in [0, 0.05) is 21.9 Å². The Bertz CT molecular complexity index is 1720. The molecule has 3 aromatic carbocycles. The summed E-state index contributed by atoms with van der Waals surface area (Å²) in [7, 11) is 0. The van der Waals surface area contributed by atoms with Crippen molar-refractivity contribution in [1.82, 2.24) is 9.97 Å². The molecule has 34 heavy (non-hydrogen) atoms. The van der Waals surface area contributed by atoms with E-state index in [0.29, 0.717) is 0 Å². The maximum atomic E-state index is 12.3. The Kier molecular flexibility index (Phi) is 5.26. The highest BCUT2D eigenvalue weighted by atomic mass is 16.2. The van der Waals surface area contributed by atoms with Gasteiger partial charge in [-0.05, 0) is 0 Å². The summed E-state index contributed by atoms with van der Waals surface area (Å²) in [5.41, 5.74) is -4.69. The highest BCUT2D eigenvalue weighted by molar-refractivity contribution is 6.26. The number of fused-ring (bicyclic) bond motifs is 3. The van der Waals surface area contributed by atoms with E-state index in [9.17, 15) is 28.8 Å². The monoisotopic (exact) mass is 448 g/mol. The first-order valence-corrected chi connectivity index (χ1v) is 9.47. The summed E-state index contributed by atoms with van der Waals surface area (Å²) in [6.07, 6.45) is 0. The van der Waals surface area contributed by atoms with Gasteiger partial charge in [0.2, 0.25) is 22.4 Å². The van der Waals surface area contributed by atoms with Gasteiger partial charge in [-0.25, -0.2) is 9.97 Å². The Balaban J connectivity index is 0.000000172. The van der Waals surface area contributed by atoms with Crippen molar-refractivity contribution in [3.63, 3.8) is 0 Å². The van der Waals surface area contributed by atoms with E-state index in [2.05, 4.69) is 9.97 Å². The van der Waals surface area contributed by atoms with E-state index in [1.807, 2.05) is 0 Å². The molecule has 1 heterocycles. The number of benzene rings is 3. The lowest BCUT2D eigenvalue weighted by Crippen LogP contribution is -2.46. The number of aromatic nitrogens is 2. The zero-order valence-corrected chi connectivity index (χ0v) is 16.9. The quantitative estimate of drug-likeness (QED) is 0.296. The van der Waals surface area contributed by atoms with Gasteiger partial charge in [0.15, 0.2) is 11.4 Å². The standard InChI is InChI=1S/C14H4N4O2.C10H4O4/c15-5-9-10(6-16)18-12-11(17-9)13(19)7-3-1-2-4-8(7)14(12)20;11-7-5-3-1-2-4-6(5)8(12)10(14)9(7)13/h1-4H;1-4H. The molecule has 0 atom stereocenters. The number of ketones is 2. The third-order valence-corrected chi connectivity index (χ3v) is 4.99. The van der Waals surface area contributed by atoms with Crippen LogP contribution < -0.4 is 21.7 Å². The van der Waals surface area contributed by atoms with E-state index in [1.54, 1.807) is 24.3 Å². The Hall–Kier alpha value is -5.48. The minimum atomic E-state index is -1.24. The van der Waals surface area contributed by atoms with Crippen LogP contribution in [-0.2, 0) is 0 Å². The van der Waals surface area contributed by atoms with E-state index in [-0.39, 0.29) is 44.7 Å². The van der Waals surface area contributed by atoms with E-state index in [0.717, 1.165) is 0 Å². The molecular weight excluding hydrogens is 440 g/mol. The number of carbonyl (C=O) groups excluding carboxylic acids is 2. The smallest absolute Gasteiger partial charge is 0.277 e. The molecule has 5 rings (SSSR count). The molecule has 0 bridgehead atoms. The van der Waals surface area contributed by atoms with Crippen LogP contribution in [0.1, 0.15) is 43.5 Å². The molecule has 10 nitrogen and oxygen atoms in total. The van der Waals surface area contributed by atoms with Crippen LogP contribution in [0.3, 0.4) is 0 Å².